The Bertz CT molecular complexity index is 1170. The number of hydrogen-bond acceptors (Lipinski definition) is 3. The molecule has 2 atom stereocenters. The van der Waals surface area contributed by atoms with Gasteiger partial charge in [-0.25, -0.2) is 5.43 Å². The average molecular weight is 402 g/mol. The molecule has 1 heterocycles. The third-order valence-corrected chi connectivity index (χ3v) is 7.83. The molecule has 0 unspecified atom stereocenters. The molecular weight excluding hydrogens is 374 g/mol. The van der Waals surface area contributed by atoms with Crippen LogP contribution in [0.15, 0.2) is 53.6 Å². The third kappa shape index (κ3) is 2.51. The maximum absolute atomic E-state index is 12.8. The van der Waals surface area contributed by atoms with Crippen molar-refractivity contribution in [2.75, 3.05) is 0 Å². The van der Waals surface area contributed by atoms with Crippen molar-refractivity contribution in [3.63, 3.8) is 0 Å². The van der Waals surface area contributed by atoms with Gasteiger partial charge in [-0.05, 0) is 30.4 Å². The molecule has 0 radical (unpaired) electrons. The fraction of sp³-hybridized carbons (Fsp3) is 0.400. The first-order valence-electron chi connectivity index (χ1n) is 10.7. The second kappa shape index (κ2) is 6.53. The number of carbonyl (C=O) groups is 2. The van der Waals surface area contributed by atoms with Crippen molar-refractivity contribution in [2.24, 2.45) is 21.8 Å². The Morgan fingerprint density at radius 3 is 2.23 bits per heavy atom. The molecule has 2 bridgehead atoms. The second-order valence-corrected chi connectivity index (χ2v) is 9.44. The van der Waals surface area contributed by atoms with Crippen LogP contribution in [0.5, 0.6) is 0 Å². The van der Waals surface area contributed by atoms with E-state index < -0.39 is 0 Å². The van der Waals surface area contributed by atoms with E-state index in [4.69, 9.17) is 0 Å². The van der Waals surface area contributed by atoms with Gasteiger partial charge in [0.05, 0.1) is 0 Å². The second-order valence-electron chi connectivity index (χ2n) is 9.44. The molecule has 2 saturated carbocycles. The predicted molar refractivity (Wildman–Crippen MR) is 119 cm³/mol. The first-order valence-corrected chi connectivity index (χ1v) is 10.7. The molecular formula is C25H27N3O2. The average Bonchev–Trinajstić information content (AvgIpc) is 3.22. The Hall–Kier alpha value is -2.95. The number of benzene rings is 2. The number of ketones is 1. The zero-order valence-electron chi connectivity index (χ0n) is 17.7. The molecule has 3 aromatic rings. The van der Waals surface area contributed by atoms with Crippen molar-refractivity contribution >= 4 is 39.2 Å². The molecule has 0 aliphatic heterocycles. The molecule has 2 aliphatic carbocycles. The topological polar surface area (TPSA) is 63.5 Å². The van der Waals surface area contributed by atoms with Gasteiger partial charge in [0, 0.05) is 46.1 Å². The number of nitrogens with one attached hydrogen (secondary N) is 1. The maximum atomic E-state index is 12.8. The minimum atomic E-state index is -0.255. The number of aryl methyl sites for hydroxylation is 1. The summed E-state index contributed by atoms with van der Waals surface area (Å²) in [4.78, 5) is 25.4. The minimum absolute atomic E-state index is 0.0238. The molecule has 1 amide bonds. The highest BCUT2D eigenvalue weighted by atomic mass is 16.2. The lowest BCUT2D eigenvalue weighted by atomic mass is 9.70. The molecule has 2 aliphatic rings. The van der Waals surface area contributed by atoms with Gasteiger partial charge in [0.2, 0.25) is 5.91 Å². The van der Waals surface area contributed by atoms with E-state index in [0.717, 1.165) is 23.9 Å². The number of nitrogens with zero attached hydrogens (tertiary/aromatic N) is 2. The summed E-state index contributed by atoms with van der Waals surface area (Å²) in [6.07, 6.45) is 2.17. The van der Waals surface area contributed by atoms with E-state index >= 15 is 0 Å². The fourth-order valence-corrected chi connectivity index (χ4v) is 5.63. The summed E-state index contributed by atoms with van der Waals surface area (Å²) in [5.41, 5.74) is 5.11. The molecule has 2 fully saturated rings. The Morgan fingerprint density at radius 1 is 1.07 bits per heavy atom. The molecule has 1 N–H and O–H groups in total. The van der Waals surface area contributed by atoms with Crippen molar-refractivity contribution in [1.82, 2.24) is 9.99 Å². The Morgan fingerprint density at radius 2 is 1.67 bits per heavy atom. The SMILES string of the molecule is CC1(C)[C@@H]2CC[C@]1(C)/C(=N/NC(=O)CCn1c3ccccc3c3ccccc31)C2=O. The third-order valence-electron chi connectivity index (χ3n) is 7.83. The van der Waals surface area contributed by atoms with Crippen LogP contribution in [-0.2, 0) is 16.1 Å². The monoisotopic (exact) mass is 401 g/mol. The molecule has 5 heteroatoms. The highest BCUT2D eigenvalue weighted by Gasteiger charge is 2.65. The number of rotatable bonds is 4. The van der Waals surface area contributed by atoms with Gasteiger partial charge >= 0.3 is 0 Å². The van der Waals surface area contributed by atoms with Gasteiger partial charge in [0.1, 0.15) is 5.71 Å². The van der Waals surface area contributed by atoms with E-state index in [-0.39, 0.29) is 28.4 Å². The van der Waals surface area contributed by atoms with Crippen LogP contribution in [0.3, 0.4) is 0 Å². The van der Waals surface area contributed by atoms with Crippen LogP contribution in [-0.4, -0.2) is 22.0 Å². The normalized spacial score (nSPS) is 26.2. The fourth-order valence-electron chi connectivity index (χ4n) is 5.63. The van der Waals surface area contributed by atoms with E-state index in [1.54, 1.807) is 0 Å². The van der Waals surface area contributed by atoms with Crippen LogP contribution >= 0.6 is 0 Å². The van der Waals surface area contributed by atoms with Gasteiger partial charge in [-0.1, -0.05) is 57.2 Å². The molecule has 5 rings (SSSR count). The highest BCUT2D eigenvalue weighted by molar-refractivity contribution is 6.45. The number of hydrazone groups is 1. The number of fused-ring (bicyclic) bond motifs is 5. The molecule has 0 saturated heterocycles. The van der Waals surface area contributed by atoms with Gasteiger partial charge in [-0.3, -0.25) is 9.59 Å². The number of para-hydroxylation sites is 2. The summed E-state index contributed by atoms with van der Waals surface area (Å²) in [6.45, 7) is 6.97. The zero-order valence-corrected chi connectivity index (χ0v) is 17.7. The van der Waals surface area contributed by atoms with Gasteiger partial charge in [0.15, 0.2) is 5.78 Å². The van der Waals surface area contributed by atoms with Crippen LogP contribution in [0.25, 0.3) is 21.8 Å². The standard InChI is InChI=1S/C25H27N3O2/c1-24(2)18-12-14-25(24,3)23(22(18)30)27-26-21(29)13-15-28-19-10-6-4-8-16(19)17-9-5-7-11-20(17)28/h4-11,18H,12-15H2,1-3H3,(H,26,29)/b27-23+/t18-,25-/m1/s1. The molecule has 5 nitrogen and oxygen atoms in total. The number of amides is 1. The largest absolute Gasteiger partial charge is 0.340 e. The Kier molecular flexibility index (Phi) is 4.14. The van der Waals surface area contributed by atoms with E-state index in [1.165, 1.54) is 10.8 Å². The van der Waals surface area contributed by atoms with Gasteiger partial charge < -0.3 is 4.57 Å². The maximum Gasteiger partial charge on any atom is 0.241 e. The van der Waals surface area contributed by atoms with Crippen molar-refractivity contribution in [3.05, 3.63) is 48.5 Å². The number of hydrogen-bond donors (Lipinski definition) is 1. The molecule has 0 spiro atoms. The quantitative estimate of drug-likeness (QED) is 0.645. The Labute approximate surface area is 176 Å². The first kappa shape index (κ1) is 19.0. The van der Waals surface area contributed by atoms with Gasteiger partial charge in [-0.15, -0.1) is 0 Å². The summed E-state index contributed by atoms with van der Waals surface area (Å²) in [7, 11) is 0. The number of carbonyl (C=O) groups excluding carboxylic acids is 2. The predicted octanol–water partition coefficient (Wildman–Crippen LogP) is 4.68. The molecule has 1 aromatic heterocycles. The minimum Gasteiger partial charge on any atom is -0.340 e. The summed E-state index contributed by atoms with van der Waals surface area (Å²) in [5.74, 6) is -0.0338. The summed E-state index contributed by atoms with van der Waals surface area (Å²) >= 11 is 0. The molecule has 2 aromatic carbocycles. The van der Waals surface area contributed by atoms with Gasteiger partial charge in [-0.2, -0.15) is 5.10 Å². The van der Waals surface area contributed by atoms with Gasteiger partial charge in [0.25, 0.3) is 0 Å². The number of aromatic nitrogens is 1. The summed E-state index contributed by atoms with van der Waals surface area (Å²) in [5, 5.41) is 6.72. The lowest BCUT2D eigenvalue weighted by molar-refractivity contribution is -0.121. The smallest absolute Gasteiger partial charge is 0.241 e. The van der Waals surface area contributed by atoms with Crippen molar-refractivity contribution < 1.29 is 9.59 Å². The van der Waals surface area contributed by atoms with E-state index in [1.807, 2.05) is 24.3 Å². The highest BCUT2D eigenvalue weighted by Crippen LogP contribution is 2.62. The van der Waals surface area contributed by atoms with Crippen molar-refractivity contribution in [2.45, 2.75) is 46.6 Å². The van der Waals surface area contributed by atoms with E-state index in [9.17, 15) is 9.59 Å². The lowest BCUT2D eigenvalue weighted by Gasteiger charge is -2.33. The van der Waals surface area contributed by atoms with Crippen molar-refractivity contribution in [3.8, 4) is 0 Å². The zero-order chi connectivity index (χ0) is 21.1. The summed E-state index contributed by atoms with van der Waals surface area (Å²) < 4.78 is 2.19. The Balaban J connectivity index is 1.35. The van der Waals surface area contributed by atoms with E-state index in [0.29, 0.717) is 18.7 Å². The van der Waals surface area contributed by atoms with E-state index in [2.05, 4.69) is 60.1 Å². The first-order chi connectivity index (χ1) is 14.3. The van der Waals surface area contributed by atoms with Crippen LogP contribution < -0.4 is 5.43 Å². The van der Waals surface area contributed by atoms with Crippen LogP contribution in [0.1, 0.15) is 40.0 Å². The number of Topliss-reactive ketones (excluding diaryl/α,β-unsaturated/α-hetero) is 1. The van der Waals surface area contributed by atoms with Crippen molar-refractivity contribution in [1.29, 1.82) is 0 Å². The lowest BCUT2D eigenvalue weighted by Crippen LogP contribution is -2.36. The summed E-state index contributed by atoms with van der Waals surface area (Å²) in [6, 6.07) is 16.5. The van der Waals surface area contributed by atoms with Crippen LogP contribution in [0.4, 0.5) is 0 Å². The van der Waals surface area contributed by atoms with Crippen LogP contribution in [0.2, 0.25) is 0 Å². The molecule has 30 heavy (non-hydrogen) atoms. The molecule has 154 valence electrons. The van der Waals surface area contributed by atoms with Crippen LogP contribution in [0, 0.1) is 16.7 Å².